The van der Waals surface area contributed by atoms with E-state index in [4.69, 9.17) is 8.83 Å². The number of anilines is 6. The van der Waals surface area contributed by atoms with E-state index < -0.39 is 0 Å². The summed E-state index contributed by atoms with van der Waals surface area (Å²) >= 11 is 0. The monoisotopic (exact) mass is 844 g/mol. The van der Waals surface area contributed by atoms with E-state index in [0.29, 0.717) is 0 Å². The smallest absolute Gasteiger partial charge is 0.252 e. The molecule has 2 aliphatic rings. The Morgan fingerprint density at radius 2 is 0.985 bits per heavy atom. The van der Waals surface area contributed by atoms with Crippen molar-refractivity contribution in [3.63, 3.8) is 0 Å². The number of nitrogens with zero attached hydrogens (tertiary/aromatic N) is 2. The molecule has 0 saturated heterocycles. The van der Waals surface area contributed by atoms with Gasteiger partial charge in [0.25, 0.3) is 6.71 Å². The molecule has 0 fully saturated rings. The molecule has 8 aromatic carbocycles. The maximum absolute atomic E-state index is 6.87. The lowest BCUT2D eigenvalue weighted by atomic mass is 9.33. The number of hydrogen-bond donors (Lipinski definition) is 0. The van der Waals surface area contributed by atoms with Crippen LogP contribution >= 0.6 is 0 Å². The fourth-order valence-corrected chi connectivity index (χ4v) is 10.6. The van der Waals surface area contributed by atoms with Crippen molar-refractivity contribution in [3.05, 3.63) is 174 Å². The van der Waals surface area contributed by atoms with E-state index in [1.165, 1.54) is 61.4 Å². The first-order chi connectivity index (χ1) is 31.1. The van der Waals surface area contributed by atoms with Crippen molar-refractivity contribution in [2.24, 2.45) is 0 Å². The molecule has 12 rings (SSSR count). The molecule has 0 saturated carbocycles. The Labute approximate surface area is 382 Å². The second kappa shape index (κ2) is 13.8. The van der Waals surface area contributed by atoms with Crippen molar-refractivity contribution in [1.82, 2.24) is 0 Å². The lowest BCUT2D eigenvalue weighted by Gasteiger charge is -2.45. The Hall–Kier alpha value is -6.98. The summed E-state index contributed by atoms with van der Waals surface area (Å²) in [6.45, 7) is 20.9. The second-order valence-corrected chi connectivity index (χ2v) is 21.4. The molecule has 0 unspecified atom stereocenters. The topological polar surface area (TPSA) is 32.8 Å². The van der Waals surface area contributed by atoms with Crippen LogP contribution in [0, 0.1) is 0 Å². The Morgan fingerprint density at radius 3 is 1.71 bits per heavy atom. The van der Waals surface area contributed by atoms with Crippen molar-refractivity contribution in [2.45, 2.75) is 78.6 Å². The number of fused-ring (bicyclic) bond motifs is 10. The molecule has 0 amide bonds. The summed E-state index contributed by atoms with van der Waals surface area (Å²) in [7, 11) is 0. The first-order valence-corrected chi connectivity index (χ1v) is 23.1. The average molecular weight is 845 g/mol. The van der Waals surface area contributed by atoms with Gasteiger partial charge < -0.3 is 18.6 Å². The summed E-state index contributed by atoms with van der Waals surface area (Å²) in [5.74, 6) is 0. The molecule has 65 heavy (non-hydrogen) atoms. The van der Waals surface area contributed by atoms with Crippen LogP contribution in [0.5, 0.6) is 0 Å². The molecule has 0 spiro atoms. The number of furan rings is 2. The van der Waals surface area contributed by atoms with E-state index in [2.05, 4.69) is 224 Å². The van der Waals surface area contributed by atoms with Gasteiger partial charge >= 0.3 is 0 Å². The highest BCUT2D eigenvalue weighted by atomic mass is 16.3. The zero-order valence-corrected chi connectivity index (χ0v) is 38.8. The van der Waals surface area contributed by atoms with E-state index >= 15 is 0 Å². The standard InChI is InChI=1S/C60H53BN2O2/c1-58(2,3)37-27-31-47-46(32-37)61-45-30-26-38(59(4,5)6)33-49(45)62(40-28-24-36(25-29-40)41-18-15-23-54-55(41)44-17-11-13-22-53(44)64-54)50-34-39(60(7,8)9)35-51(56(50)61)63(47)48-20-14-19-43-42-16-10-12-21-52(42)65-57(43)48/h10-35H,1-9H3. The maximum atomic E-state index is 6.87. The predicted octanol–water partition coefficient (Wildman–Crippen LogP) is 15.1. The minimum Gasteiger partial charge on any atom is -0.456 e. The van der Waals surface area contributed by atoms with Gasteiger partial charge in [0.1, 0.15) is 16.7 Å². The second-order valence-electron chi connectivity index (χ2n) is 21.4. The van der Waals surface area contributed by atoms with Crippen LogP contribution in [0.4, 0.5) is 34.1 Å². The van der Waals surface area contributed by atoms with Gasteiger partial charge in [0.15, 0.2) is 5.58 Å². The van der Waals surface area contributed by atoms with Crippen LogP contribution in [0.1, 0.15) is 79.0 Å². The molecule has 2 aliphatic heterocycles. The number of hydrogen-bond acceptors (Lipinski definition) is 4. The molecule has 0 N–H and O–H groups in total. The summed E-state index contributed by atoms with van der Waals surface area (Å²) in [6.07, 6.45) is 0. The van der Waals surface area contributed by atoms with Crippen LogP contribution in [-0.2, 0) is 16.2 Å². The maximum Gasteiger partial charge on any atom is 0.252 e. The van der Waals surface area contributed by atoms with E-state index in [1.54, 1.807) is 0 Å². The van der Waals surface area contributed by atoms with Gasteiger partial charge in [0.2, 0.25) is 0 Å². The van der Waals surface area contributed by atoms with Gasteiger partial charge in [0, 0.05) is 50.0 Å². The van der Waals surface area contributed by atoms with Gasteiger partial charge in [-0.1, -0.05) is 159 Å². The van der Waals surface area contributed by atoms with Gasteiger partial charge in [-0.25, -0.2) is 0 Å². The van der Waals surface area contributed by atoms with Crippen molar-refractivity contribution >= 4 is 101 Å². The van der Waals surface area contributed by atoms with Crippen LogP contribution in [0.25, 0.3) is 55.0 Å². The van der Waals surface area contributed by atoms with Gasteiger partial charge in [-0.2, -0.15) is 0 Å². The fourth-order valence-electron chi connectivity index (χ4n) is 10.6. The van der Waals surface area contributed by atoms with Crippen molar-refractivity contribution in [2.75, 3.05) is 9.80 Å². The first-order valence-electron chi connectivity index (χ1n) is 23.1. The SMILES string of the molecule is CC(C)(C)c1ccc2c(c1)B1c3ccc(C(C)(C)C)cc3N(c3ccc(-c4cccc5oc6ccccc6c45)cc3)c3cc(C(C)(C)C)cc(c31)N2c1cccc2c1oc1ccccc12. The summed E-state index contributed by atoms with van der Waals surface area (Å²) < 4.78 is 13.2. The van der Waals surface area contributed by atoms with Crippen LogP contribution in [-0.4, -0.2) is 6.71 Å². The highest BCUT2D eigenvalue weighted by Gasteiger charge is 2.45. The van der Waals surface area contributed by atoms with Gasteiger partial charge in [-0.3, -0.25) is 0 Å². The number of rotatable bonds is 3. The number of para-hydroxylation sites is 3. The van der Waals surface area contributed by atoms with E-state index in [1.807, 2.05) is 6.07 Å². The van der Waals surface area contributed by atoms with E-state index in [0.717, 1.165) is 60.8 Å². The molecule has 318 valence electrons. The minimum absolute atomic E-state index is 0.0102. The molecule has 5 heteroatoms. The summed E-state index contributed by atoms with van der Waals surface area (Å²) in [5, 5.41) is 4.53. The third kappa shape index (κ3) is 6.04. The molecule has 0 bridgehead atoms. The molecule has 0 radical (unpaired) electrons. The lowest BCUT2D eigenvalue weighted by molar-refractivity contribution is 0.589. The molecule has 4 heterocycles. The predicted molar refractivity (Wildman–Crippen MR) is 277 cm³/mol. The fraction of sp³-hybridized carbons (Fsp3) is 0.200. The normalized spacial score (nSPS) is 13.8. The quantitative estimate of drug-likeness (QED) is 0.166. The van der Waals surface area contributed by atoms with E-state index in [-0.39, 0.29) is 23.0 Å². The molecule has 4 nitrogen and oxygen atoms in total. The van der Waals surface area contributed by atoms with Crippen LogP contribution < -0.4 is 26.2 Å². The highest BCUT2D eigenvalue weighted by Crippen LogP contribution is 2.49. The Kier molecular flexibility index (Phi) is 8.39. The van der Waals surface area contributed by atoms with Gasteiger partial charge in [0.05, 0.1) is 5.69 Å². The summed E-state index contributed by atoms with van der Waals surface area (Å²) in [5.41, 5.74) is 20.5. The summed E-state index contributed by atoms with van der Waals surface area (Å²) in [6, 6.07) is 58.5. The lowest BCUT2D eigenvalue weighted by Crippen LogP contribution is -2.61. The molecular weight excluding hydrogens is 791 g/mol. The highest BCUT2D eigenvalue weighted by molar-refractivity contribution is 7.00. The molecule has 0 aliphatic carbocycles. The molecule has 10 aromatic rings. The third-order valence-corrected chi connectivity index (χ3v) is 14.1. The third-order valence-electron chi connectivity index (χ3n) is 14.1. The number of benzene rings is 8. The van der Waals surface area contributed by atoms with Crippen LogP contribution in [0.3, 0.4) is 0 Å². The van der Waals surface area contributed by atoms with E-state index in [9.17, 15) is 0 Å². The van der Waals surface area contributed by atoms with Crippen LogP contribution in [0.15, 0.2) is 167 Å². The van der Waals surface area contributed by atoms with Crippen molar-refractivity contribution < 1.29 is 8.83 Å². The van der Waals surface area contributed by atoms with Gasteiger partial charge in [-0.05, 0) is 121 Å². The Balaban J connectivity index is 1.15. The molecule has 2 aromatic heterocycles. The first kappa shape index (κ1) is 39.6. The molecular formula is C60H53BN2O2. The Morgan fingerprint density at radius 1 is 0.400 bits per heavy atom. The Bertz CT molecular complexity index is 3570. The van der Waals surface area contributed by atoms with Gasteiger partial charge in [-0.15, -0.1) is 0 Å². The van der Waals surface area contributed by atoms with Crippen molar-refractivity contribution in [3.8, 4) is 11.1 Å². The van der Waals surface area contributed by atoms with Crippen molar-refractivity contribution in [1.29, 1.82) is 0 Å². The summed E-state index contributed by atoms with van der Waals surface area (Å²) in [4.78, 5) is 5.08. The minimum atomic E-state index is -0.149. The average Bonchev–Trinajstić information content (AvgIpc) is 3.87. The zero-order valence-electron chi connectivity index (χ0n) is 38.8. The molecule has 0 atom stereocenters. The largest absolute Gasteiger partial charge is 0.456 e. The zero-order chi connectivity index (χ0) is 44.7. The van der Waals surface area contributed by atoms with Crippen LogP contribution in [0.2, 0.25) is 0 Å².